The zero-order chi connectivity index (χ0) is 14.9. The van der Waals surface area contributed by atoms with E-state index in [4.69, 9.17) is 9.47 Å². The molecule has 3 nitrogen and oxygen atoms in total. The monoisotopic (exact) mass is 298 g/mol. The van der Waals surface area contributed by atoms with E-state index < -0.39 is 0 Å². The molecule has 5 rings (SSSR count). The fourth-order valence-corrected chi connectivity index (χ4v) is 5.46. The molecule has 3 heteroatoms. The van der Waals surface area contributed by atoms with E-state index in [-0.39, 0.29) is 17.7 Å². The molecular formula is C19H22O3. The Kier molecular flexibility index (Phi) is 2.59. The number of allylic oxidation sites excluding steroid dienone is 1. The van der Waals surface area contributed by atoms with Crippen molar-refractivity contribution >= 4 is 5.97 Å². The van der Waals surface area contributed by atoms with E-state index in [1.54, 1.807) is 5.57 Å². The summed E-state index contributed by atoms with van der Waals surface area (Å²) in [6.45, 7) is 1.52. The van der Waals surface area contributed by atoms with Gasteiger partial charge in [0.2, 0.25) is 0 Å². The van der Waals surface area contributed by atoms with Crippen molar-refractivity contribution in [1.29, 1.82) is 0 Å². The van der Waals surface area contributed by atoms with Gasteiger partial charge >= 0.3 is 5.97 Å². The molecule has 22 heavy (non-hydrogen) atoms. The normalized spacial score (nSPS) is 44.5. The third-order valence-electron chi connectivity index (χ3n) is 6.38. The average Bonchev–Trinajstić information content (AvgIpc) is 3.10. The minimum Gasteiger partial charge on any atom is -0.462 e. The number of carbonyl (C=O) groups is 1. The summed E-state index contributed by atoms with van der Waals surface area (Å²) in [5, 5.41) is 0. The number of epoxide rings is 1. The first-order chi connectivity index (χ1) is 10.7. The minimum absolute atomic E-state index is 0.0242. The van der Waals surface area contributed by atoms with Crippen LogP contribution >= 0.6 is 0 Å². The Morgan fingerprint density at radius 1 is 1.27 bits per heavy atom. The van der Waals surface area contributed by atoms with Gasteiger partial charge in [0, 0.05) is 19.3 Å². The Labute approximate surface area is 131 Å². The largest absolute Gasteiger partial charge is 0.462 e. The molecule has 0 amide bonds. The Morgan fingerprint density at radius 2 is 2.14 bits per heavy atom. The van der Waals surface area contributed by atoms with Crippen LogP contribution in [0.15, 0.2) is 34.9 Å². The fraction of sp³-hybridized carbons (Fsp3) is 0.632. The van der Waals surface area contributed by atoms with E-state index in [0.717, 1.165) is 25.7 Å². The van der Waals surface area contributed by atoms with Crippen LogP contribution in [0.5, 0.6) is 0 Å². The van der Waals surface area contributed by atoms with Crippen LogP contribution in [-0.4, -0.2) is 23.8 Å². The van der Waals surface area contributed by atoms with Gasteiger partial charge in [0.1, 0.15) is 11.7 Å². The molecule has 1 aliphatic heterocycles. The maximum Gasteiger partial charge on any atom is 0.302 e. The summed E-state index contributed by atoms with van der Waals surface area (Å²) < 4.78 is 11.6. The molecule has 0 bridgehead atoms. The summed E-state index contributed by atoms with van der Waals surface area (Å²) in [7, 11) is 0. The molecule has 5 atom stereocenters. The van der Waals surface area contributed by atoms with Crippen LogP contribution in [0.1, 0.15) is 45.4 Å². The SMILES string of the molecule is CC(=O)OC1CCC2CCC3C(=C2C1)C=CC1=CCC2OC123. The lowest BCUT2D eigenvalue weighted by Crippen LogP contribution is -2.37. The predicted molar refractivity (Wildman–Crippen MR) is 82.1 cm³/mol. The molecule has 2 fully saturated rings. The Balaban J connectivity index is 1.52. The molecule has 116 valence electrons. The molecular weight excluding hydrogens is 276 g/mol. The number of hydrogen-bond donors (Lipinski definition) is 0. The number of hydrogen-bond acceptors (Lipinski definition) is 3. The molecule has 1 spiro atoms. The molecule has 1 heterocycles. The third kappa shape index (κ3) is 1.63. The van der Waals surface area contributed by atoms with Crippen molar-refractivity contribution in [3.63, 3.8) is 0 Å². The van der Waals surface area contributed by atoms with Crippen molar-refractivity contribution in [2.75, 3.05) is 0 Å². The average molecular weight is 298 g/mol. The standard InChI is InChI=1S/C19H22O3/c1-11(20)21-14-6-2-12-3-8-17-15(16(12)10-14)7-4-13-5-9-18-19(13,17)22-18/h4-5,7,12,14,17-18H,2-3,6,8-10H2,1H3. The van der Waals surface area contributed by atoms with Crippen molar-refractivity contribution in [1.82, 2.24) is 0 Å². The summed E-state index contributed by atoms with van der Waals surface area (Å²) in [5.41, 5.74) is 4.50. The highest BCUT2D eigenvalue weighted by atomic mass is 16.6. The third-order valence-corrected chi connectivity index (χ3v) is 6.38. The second-order valence-electron chi connectivity index (χ2n) is 7.45. The van der Waals surface area contributed by atoms with E-state index in [1.807, 2.05) is 0 Å². The van der Waals surface area contributed by atoms with Gasteiger partial charge < -0.3 is 9.47 Å². The van der Waals surface area contributed by atoms with E-state index in [2.05, 4.69) is 18.2 Å². The fourth-order valence-electron chi connectivity index (χ4n) is 5.46. The molecule has 5 unspecified atom stereocenters. The topological polar surface area (TPSA) is 38.8 Å². The maximum absolute atomic E-state index is 11.3. The van der Waals surface area contributed by atoms with Crippen molar-refractivity contribution in [3.05, 3.63) is 34.9 Å². The molecule has 5 aliphatic rings. The van der Waals surface area contributed by atoms with Gasteiger partial charge in [0.05, 0.1) is 6.10 Å². The first-order valence-corrected chi connectivity index (χ1v) is 8.65. The van der Waals surface area contributed by atoms with Gasteiger partial charge in [-0.15, -0.1) is 0 Å². The van der Waals surface area contributed by atoms with Gasteiger partial charge in [-0.25, -0.2) is 0 Å². The molecule has 0 aromatic heterocycles. The van der Waals surface area contributed by atoms with Crippen LogP contribution in [-0.2, 0) is 14.3 Å². The summed E-state index contributed by atoms with van der Waals surface area (Å²) in [5.74, 6) is 1.09. The van der Waals surface area contributed by atoms with Crippen LogP contribution in [0, 0.1) is 11.8 Å². The lowest BCUT2D eigenvalue weighted by molar-refractivity contribution is -0.147. The van der Waals surface area contributed by atoms with Crippen LogP contribution in [0.2, 0.25) is 0 Å². The van der Waals surface area contributed by atoms with Crippen LogP contribution in [0.3, 0.4) is 0 Å². The van der Waals surface area contributed by atoms with E-state index in [9.17, 15) is 4.79 Å². The number of esters is 1. The lowest BCUT2D eigenvalue weighted by atomic mass is 9.63. The zero-order valence-electron chi connectivity index (χ0n) is 13.0. The van der Waals surface area contributed by atoms with Crippen molar-refractivity contribution < 1.29 is 14.3 Å². The van der Waals surface area contributed by atoms with Gasteiger partial charge in [-0.3, -0.25) is 4.79 Å². The molecule has 1 saturated heterocycles. The lowest BCUT2D eigenvalue weighted by Gasteiger charge is -2.42. The summed E-state index contributed by atoms with van der Waals surface area (Å²) >= 11 is 0. The van der Waals surface area contributed by atoms with Gasteiger partial charge in [-0.2, -0.15) is 0 Å². The Hall–Kier alpha value is -1.35. The number of carbonyl (C=O) groups excluding carboxylic acids is 1. The predicted octanol–water partition coefficient (Wildman–Crippen LogP) is 3.46. The first kappa shape index (κ1) is 13.1. The van der Waals surface area contributed by atoms with Crippen molar-refractivity contribution in [2.24, 2.45) is 11.8 Å². The van der Waals surface area contributed by atoms with Gasteiger partial charge in [-0.05, 0) is 49.2 Å². The molecule has 0 aromatic rings. The van der Waals surface area contributed by atoms with Crippen molar-refractivity contribution in [2.45, 2.75) is 63.3 Å². The molecule has 0 N–H and O–H groups in total. The summed E-state index contributed by atoms with van der Waals surface area (Å²) in [6, 6.07) is 0. The molecule has 0 aromatic carbocycles. The zero-order valence-corrected chi connectivity index (χ0v) is 13.0. The van der Waals surface area contributed by atoms with Gasteiger partial charge in [0.25, 0.3) is 0 Å². The van der Waals surface area contributed by atoms with Crippen LogP contribution in [0.25, 0.3) is 0 Å². The molecule has 0 radical (unpaired) electrons. The molecule has 4 aliphatic carbocycles. The van der Waals surface area contributed by atoms with E-state index in [0.29, 0.717) is 17.9 Å². The highest BCUT2D eigenvalue weighted by Crippen LogP contribution is 2.63. The minimum atomic E-state index is -0.147. The van der Waals surface area contributed by atoms with Gasteiger partial charge in [-0.1, -0.05) is 23.8 Å². The molecule has 1 saturated carbocycles. The maximum atomic E-state index is 11.3. The van der Waals surface area contributed by atoms with E-state index in [1.165, 1.54) is 30.9 Å². The number of ether oxygens (including phenoxy) is 2. The highest BCUT2D eigenvalue weighted by Gasteiger charge is 2.67. The highest BCUT2D eigenvalue weighted by molar-refractivity contribution is 5.66. The summed E-state index contributed by atoms with van der Waals surface area (Å²) in [4.78, 5) is 11.3. The number of fused-ring (bicyclic) bond motifs is 2. The Morgan fingerprint density at radius 3 is 2.95 bits per heavy atom. The van der Waals surface area contributed by atoms with Crippen LogP contribution in [0.4, 0.5) is 0 Å². The Bertz CT molecular complexity index is 641. The quantitative estimate of drug-likeness (QED) is 0.549. The van der Waals surface area contributed by atoms with E-state index >= 15 is 0 Å². The van der Waals surface area contributed by atoms with Crippen LogP contribution < -0.4 is 0 Å². The summed E-state index contributed by atoms with van der Waals surface area (Å²) in [6.07, 6.45) is 14.2. The second kappa shape index (κ2) is 4.35. The smallest absolute Gasteiger partial charge is 0.302 e. The van der Waals surface area contributed by atoms with Gasteiger partial charge in [0.15, 0.2) is 0 Å². The number of rotatable bonds is 1. The van der Waals surface area contributed by atoms with Crippen molar-refractivity contribution in [3.8, 4) is 0 Å². The first-order valence-electron chi connectivity index (χ1n) is 8.65. The second-order valence-corrected chi connectivity index (χ2v) is 7.45.